The number of aryl methyl sites for hydroxylation is 1. The average molecular weight is 302 g/mol. The van der Waals surface area contributed by atoms with Gasteiger partial charge in [-0.15, -0.1) is 10.2 Å². The SMILES string of the molecule is CCCCc1nnc2sc(-c3ccccc3OCC)nn12. The molecule has 0 saturated heterocycles. The first-order valence-corrected chi connectivity index (χ1v) is 8.08. The maximum absolute atomic E-state index is 5.68. The van der Waals surface area contributed by atoms with E-state index in [1.54, 1.807) is 11.3 Å². The van der Waals surface area contributed by atoms with Crippen molar-refractivity contribution in [2.24, 2.45) is 0 Å². The maximum atomic E-state index is 5.68. The molecule has 6 heteroatoms. The van der Waals surface area contributed by atoms with Gasteiger partial charge < -0.3 is 4.74 Å². The van der Waals surface area contributed by atoms with E-state index in [-0.39, 0.29) is 0 Å². The van der Waals surface area contributed by atoms with Gasteiger partial charge in [-0.25, -0.2) is 0 Å². The summed E-state index contributed by atoms with van der Waals surface area (Å²) in [5, 5.41) is 14.0. The fraction of sp³-hybridized carbons (Fsp3) is 0.400. The van der Waals surface area contributed by atoms with E-state index in [2.05, 4.69) is 22.2 Å². The lowest BCUT2D eigenvalue weighted by Crippen LogP contribution is -1.97. The Hall–Kier alpha value is -1.95. The van der Waals surface area contributed by atoms with Gasteiger partial charge in [0.1, 0.15) is 5.75 Å². The van der Waals surface area contributed by atoms with E-state index in [0.29, 0.717) is 6.61 Å². The van der Waals surface area contributed by atoms with Crippen LogP contribution in [0.3, 0.4) is 0 Å². The summed E-state index contributed by atoms with van der Waals surface area (Å²) in [6, 6.07) is 7.97. The summed E-state index contributed by atoms with van der Waals surface area (Å²) in [5.74, 6) is 1.79. The summed E-state index contributed by atoms with van der Waals surface area (Å²) in [5.41, 5.74) is 1.01. The molecule has 2 aromatic heterocycles. The molecular formula is C15H18N4OS. The zero-order valence-electron chi connectivity index (χ0n) is 12.2. The van der Waals surface area contributed by atoms with Crippen molar-refractivity contribution in [1.82, 2.24) is 19.8 Å². The van der Waals surface area contributed by atoms with Crippen LogP contribution in [0.4, 0.5) is 0 Å². The molecule has 0 aliphatic rings. The van der Waals surface area contributed by atoms with Crippen molar-refractivity contribution in [3.63, 3.8) is 0 Å². The number of fused-ring (bicyclic) bond motifs is 1. The molecule has 5 nitrogen and oxygen atoms in total. The fourth-order valence-corrected chi connectivity index (χ4v) is 3.07. The number of para-hydroxylation sites is 1. The first-order chi connectivity index (χ1) is 10.3. The summed E-state index contributed by atoms with van der Waals surface area (Å²) in [4.78, 5) is 0.836. The van der Waals surface area contributed by atoms with Crippen LogP contribution in [-0.4, -0.2) is 26.4 Å². The minimum atomic E-state index is 0.642. The molecular weight excluding hydrogens is 284 g/mol. The Morgan fingerprint density at radius 3 is 2.86 bits per heavy atom. The highest BCUT2D eigenvalue weighted by Gasteiger charge is 2.15. The molecule has 0 bridgehead atoms. The molecule has 1 aromatic carbocycles. The molecule has 0 unspecified atom stereocenters. The van der Waals surface area contributed by atoms with Crippen LogP contribution in [0.2, 0.25) is 0 Å². The number of hydrogen-bond donors (Lipinski definition) is 0. The van der Waals surface area contributed by atoms with Crippen LogP contribution in [0.5, 0.6) is 5.75 Å². The lowest BCUT2D eigenvalue weighted by Gasteiger charge is -2.06. The highest BCUT2D eigenvalue weighted by Crippen LogP contribution is 2.33. The molecule has 2 heterocycles. The van der Waals surface area contributed by atoms with Crippen molar-refractivity contribution in [1.29, 1.82) is 0 Å². The van der Waals surface area contributed by atoms with Gasteiger partial charge in [-0.05, 0) is 25.5 Å². The Morgan fingerprint density at radius 1 is 1.19 bits per heavy atom. The minimum absolute atomic E-state index is 0.642. The van der Waals surface area contributed by atoms with Crippen molar-refractivity contribution < 1.29 is 4.74 Å². The molecule has 110 valence electrons. The van der Waals surface area contributed by atoms with Crippen molar-refractivity contribution in [3.8, 4) is 16.3 Å². The van der Waals surface area contributed by atoms with E-state index < -0.39 is 0 Å². The topological polar surface area (TPSA) is 52.3 Å². The second-order valence-corrected chi connectivity index (χ2v) is 5.71. The zero-order valence-corrected chi connectivity index (χ0v) is 13.1. The number of ether oxygens (including phenoxy) is 1. The van der Waals surface area contributed by atoms with Crippen LogP contribution in [-0.2, 0) is 6.42 Å². The molecule has 3 rings (SSSR count). The van der Waals surface area contributed by atoms with Gasteiger partial charge in [-0.2, -0.15) is 9.61 Å². The molecule has 0 amide bonds. The lowest BCUT2D eigenvalue weighted by atomic mass is 10.2. The van der Waals surface area contributed by atoms with E-state index >= 15 is 0 Å². The van der Waals surface area contributed by atoms with Gasteiger partial charge in [0.05, 0.1) is 12.2 Å². The Balaban J connectivity index is 1.99. The number of benzene rings is 1. The van der Waals surface area contributed by atoms with Gasteiger partial charge in [-0.1, -0.05) is 36.8 Å². The van der Waals surface area contributed by atoms with Gasteiger partial charge in [-0.3, -0.25) is 0 Å². The van der Waals surface area contributed by atoms with Crippen LogP contribution in [0.25, 0.3) is 15.5 Å². The van der Waals surface area contributed by atoms with Crippen LogP contribution in [0, 0.1) is 0 Å². The second kappa shape index (κ2) is 6.22. The Morgan fingerprint density at radius 2 is 2.05 bits per heavy atom. The number of nitrogens with zero attached hydrogens (tertiary/aromatic N) is 4. The number of rotatable bonds is 6. The summed E-state index contributed by atoms with van der Waals surface area (Å²) in [6.45, 7) is 4.80. The monoisotopic (exact) mass is 302 g/mol. The highest BCUT2D eigenvalue weighted by atomic mass is 32.1. The largest absolute Gasteiger partial charge is 0.493 e. The molecule has 0 atom stereocenters. The number of aromatic nitrogens is 4. The molecule has 0 saturated carbocycles. The van der Waals surface area contributed by atoms with Crippen molar-refractivity contribution in [2.45, 2.75) is 33.1 Å². The highest BCUT2D eigenvalue weighted by molar-refractivity contribution is 7.19. The van der Waals surface area contributed by atoms with E-state index in [1.807, 2.05) is 35.7 Å². The quantitative estimate of drug-likeness (QED) is 0.698. The normalized spacial score (nSPS) is 11.1. The van der Waals surface area contributed by atoms with Gasteiger partial charge in [0.2, 0.25) is 4.96 Å². The van der Waals surface area contributed by atoms with Crippen molar-refractivity contribution in [3.05, 3.63) is 30.1 Å². The van der Waals surface area contributed by atoms with Crippen LogP contribution in [0.15, 0.2) is 24.3 Å². The first kappa shape index (κ1) is 14.0. The zero-order chi connectivity index (χ0) is 14.7. The van der Waals surface area contributed by atoms with Crippen LogP contribution in [0.1, 0.15) is 32.5 Å². The molecule has 0 fully saturated rings. The third kappa shape index (κ3) is 2.76. The standard InChI is InChI=1S/C15H18N4OS/c1-3-5-10-13-16-17-15-19(13)18-14(21-15)11-8-6-7-9-12(11)20-4-2/h6-9H,3-5,10H2,1-2H3. The van der Waals surface area contributed by atoms with Crippen molar-refractivity contribution in [2.75, 3.05) is 6.61 Å². The van der Waals surface area contributed by atoms with E-state index in [1.165, 1.54) is 0 Å². The summed E-state index contributed by atoms with van der Waals surface area (Å²) in [7, 11) is 0. The van der Waals surface area contributed by atoms with Gasteiger partial charge >= 0.3 is 0 Å². The minimum Gasteiger partial charge on any atom is -0.493 e. The van der Waals surface area contributed by atoms with Crippen molar-refractivity contribution >= 4 is 16.3 Å². The van der Waals surface area contributed by atoms with E-state index in [0.717, 1.165) is 46.4 Å². The van der Waals surface area contributed by atoms with E-state index in [4.69, 9.17) is 4.74 Å². The Bertz CT molecular complexity index is 734. The summed E-state index contributed by atoms with van der Waals surface area (Å²) >= 11 is 1.54. The van der Waals surface area contributed by atoms with Gasteiger partial charge in [0.15, 0.2) is 10.8 Å². The van der Waals surface area contributed by atoms with Crippen LogP contribution < -0.4 is 4.74 Å². The van der Waals surface area contributed by atoms with Crippen LogP contribution >= 0.6 is 11.3 Å². The lowest BCUT2D eigenvalue weighted by molar-refractivity contribution is 0.341. The smallest absolute Gasteiger partial charge is 0.234 e. The summed E-state index contributed by atoms with van der Waals surface area (Å²) < 4.78 is 7.54. The summed E-state index contributed by atoms with van der Waals surface area (Å²) in [6.07, 6.45) is 3.15. The average Bonchev–Trinajstić information content (AvgIpc) is 3.07. The molecule has 0 N–H and O–H groups in total. The molecule has 0 spiro atoms. The molecule has 21 heavy (non-hydrogen) atoms. The molecule has 0 radical (unpaired) electrons. The van der Waals surface area contributed by atoms with Gasteiger partial charge in [0, 0.05) is 6.42 Å². The molecule has 3 aromatic rings. The molecule has 0 aliphatic carbocycles. The third-order valence-electron chi connectivity index (χ3n) is 3.23. The number of hydrogen-bond acceptors (Lipinski definition) is 5. The van der Waals surface area contributed by atoms with E-state index in [9.17, 15) is 0 Å². The first-order valence-electron chi connectivity index (χ1n) is 7.26. The Kier molecular flexibility index (Phi) is 4.15. The second-order valence-electron chi connectivity index (χ2n) is 4.75. The third-order valence-corrected chi connectivity index (χ3v) is 4.16. The predicted molar refractivity (Wildman–Crippen MR) is 83.9 cm³/mol. The van der Waals surface area contributed by atoms with Gasteiger partial charge in [0.25, 0.3) is 0 Å². The molecule has 0 aliphatic heterocycles. The maximum Gasteiger partial charge on any atom is 0.234 e. The fourth-order valence-electron chi connectivity index (χ4n) is 2.18. The predicted octanol–water partition coefficient (Wildman–Crippen LogP) is 3.59. The Labute approximate surface area is 127 Å². The number of unbranched alkanes of at least 4 members (excludes halogenated alkanes) is 1.